The Labute approximate surface area is 207 Å². The van der Waals surface area contributed by atoms with Crippen LogP contribution >= 0.6 is 0 Å². The molecule has 3 heterocycles. The van der Waals surface area contributed by atoms with Crippen LogP contribution in [0.3, 0.4) is 0 Å². The molecule has 0 radical (unpaired) electrons. The number of esters is 1. The fourth-order valence-corrected chi connectivity index (χ4v) is 4.98. The molecule has 2 aliphatic rings. The van der Waals surface area contributed by atoms with Crippen LogP contribution in [0.1, 0.15) is 72.6 Å². The van der Waals surface area contributed by atoms with E-state index >= 15 is 0 Å². The quantitative estimate of drug-likeness (QED) is 0.574. The van der Waals surface area contributed by atoms with Gasteiger partial charge in [-0.2, -0.15) is 5.10 Å². The van der Waals surface area contributed by atoms with E-state index in [1.165, 1.54) is 0 Å². The van der Waals surface area contributed by atoms with Gasteiger partial charge in [-0.15, -0.1) is 0 Å². The number of nitrogens with zero attached hydrogens (tertiary/aromatic N) is 2. The number of carbonyl (C=O) groups excluding carboxylic acids is 2. The summed E-state index contributed by atoms with van der Waals surface area (Å²) in [7, 11) is 0. The summed E-state index contributed by atoms with van der Waals surface area (Å²) in [5.41, 5.74) is 2.60. The van der Waals surface area contributed by atoms with Crippen molar-refractivity contribution in [1.29, 1.82) is 0 Å². The second kappa shape index (κ2) is 10.4. The molecule has 2 aliphatic heterocycles. The average molecular weight is 484 g/mol. The van der Waals surface area contributed by atoms with Gasteiger partial charge in [0, 0.05) is 31.7 Å². The van der Waals surface area contributed by atoms with E-state index in [9.17, 15) is 9.59 Å². The van der Waals surface area contributed by atoms with Crippen LogP contribution in [0.15, 0.2) is 24.3 Å². The Kier molecular flexibility index (Phi) is 7.50. The molecule has 1 aromatic heterocycles. The van der Waals surface area contributed by atoms with Crippen LogP contribution < -0.4 is 10.1 Å². The number of aryl methyl sites for hydroxylation is 1. The van der Waals surface area contributed by atoms with Crippen LogP contribution in [-0.4, -0.2) is 54.6 Å². The Morgan fingerprint density at radius 1 is 1.26 bits per heavy atom. The first-order chi connectivity index (χ1) is 16.8. The van der Waals surface area contributed by atoms with Gasteiger partial charge in [0.2, 0.25) is 0 Å². The second-order valence-electron chi connectivity index (χ2n) is 10.5. The number of hydrogen-bond acceptors (Lipinski definition) is 6. The lowest BCUT2D eigenvalue weighted by atomic mass is 9.76. The SMILES string of the molecule is CCOc1cccc(C(=O)OCC(C)(C)Cn2nc(CC)c3c2CC2(CCOCC2)CNC3=O)c1. The number of nitrogens with one attached hydrogen (secondary N) is 1. The van der Waals surface area contributed by atoms with E-state index in [-0.39, 0.29) is 29.3 Å². The minimum absolute atomic E-state index is 0.00978. The highest BCUT2D eigenvalue weighted by molar-refractivity contribution is 5.97. The van der Waals surface area contributed by atoms with Gasteiger partial charge < -0.3 is 19.5 Å². The molecule has 1 fully saturated rings. The third-order valence-electron chi connectivity index (χ3n) is 6.96. The third-order valence-corrected chi connectivity index (χ3v) is 6.96. The minimum atomic E-state index is -0.385. The molecule has 0 aliphatic carbocycles. The molecule has 8 nitrogen and oxygen atoms in total. The van der Waals surface area contributed by atoms with E-state index in [1.54, 1.807) is 18.2 Å². The number of carbonyl (C=O) groups is 2. The number of aromatic nitrogens is 2. The number of ether oxygens (including phenoxy) is 3. The Bertz CT molecular complexity index is 1070. The summed E-state index contributed by atoms with van der Waals surface area (Å²) < 4.78 is 18.8. The molecule has 0 atom stereocenters. The van der Waals surface area contributed by atoms with Crippen LogP contribution in [0.5, 0.6) is 5.75 Å². The summed E-state index contributed by atoms with van der Waals surface area (Å²) in [5.74, 6) is 0.228. The number of rotatable bonds is 8. The van der Waals surface area contributed by atoms with Gasteiger partial charge in [-0.1, -0.05) is 26.8 Å². The summed E-state index contributed by atoms with van der Waals surface area (Å²) in [6.45, 7) is 11.4. The largest absolute Gasteiger partial charge is 0.494 e. The maximum atomic E-state index is 13.1. The van der Waals surface area contributed by atoms with Crippen molar-refractivity contribution in [2.75, 3.05) is 33.0 Å². The van der Waals surface area contributed by atoms with E-state index in [0.29, 0.717) is 50.6 Å². The topological polar surface area (TPSA) is 91.7 Å². The molecule has 1 amide bonds. The summed E-state index contributed by atoms with van der Waals surface area (Å²) in [6.07, 6.45) is 3.31. The Hall–Kier alpha value is -2.87. The second-order valence-corrected chi connectivity index (χ2v) is 10.5. The zero-order valence-electron chi connectivity index (χ0n) is 21.3. The van der Waals surface area contributed by atoms with Crippen molar-refractivity contribution in [2.45, 2.75) is 59.9 Å². The van der Waals surface area contributed by atoms with Gasteiger partial charge in [0.25, 0.3) is 5.91 Å². The standard InChI is InChI=1S/C27H37N3O5/c1-5-21-23-22(15-27(16-28-24(23)31)10-12-33-13-11-27)30(29-21)17-26(3,4)18-35-25(32)19-8-7-9-20(14-19)34-6-2/h7-9,14H,5-6,10-13,15-18H2,1-4H3,(H,28,31). The fourth-order valence-electron chi connectivity index (χ4n) is 4.98. The minimum Gasteiger partial charge on any atom is -0.494 e. The van der Waals surface area contributed by atoms with E-state index < -0.39 is 0 Å². The smallest absolute Gasteiger partial charge is 0.338 e. The van der Waals surface area contributed by atoms with Gasteiger partial charge in [-0.25, -0.2) is 4.79 Å². The molecule has 0 bridgehead atoms. The van der Waals surface area contributed by atoms with Crippen molar-refractivity contribution in [3.63, 3.8) is 0 Å². The first kappa shape index (κ1) is 25.2. The van der Waals surface area contributed by atoms with Gasteiger partial charge >= 0.3 is 5.97 Å². The number of hydrogen-bond donors (Lipinski definition) is 1. The lowest BCUT2D eigenvalue weighted by Crippen LogP contribution is -2.41. The summed E-state index contributed by atoms with van der Waals surface area (Å²) >= 11 is 0. The third kappa shape index (κ3) is 5.69. The molecule has 1 aromatic carbocycles. The highest BCUT2D eigenvalue weighted by Gasteiger charge is 2.40. The van der Waals surface area contributed by atoms with Gasteiger partial charge in [0.05, 0.1) is 35.7 Å². The Balaban J connectivity index is 1.52. The van der Waals surface area contributed by atoms with Crippen LogP contribution in [0.25, 0.3) is 0 Å². The normalized spacial score (nSPS) is 17.4. The van der Waals surface area contributed by atoms with E-state index in [0.717, 1.165) is 36.2 Å². The zero-order valence-corrected chi connectivity index (χ0v) is 21.3. The maximum Gasteiger partial charge on any atom is 0.338 e. The molecule has 0 saturated carbocycles. The molecule has 4 rings (SSSR count). The molecule has 8 heteroatoms. The molecule has 1 N–H and O–H groups in total. The van der Waals surface area contributed by atoms with Crippen LogP contribution in [0.2, 0.25) is 0 Å². The molecule has 190 valence electrons. The van der Waals surface area contributed by atoms with E-state index in [4.69, 9.17) is 19.3 Å². The molecular formula is C27H37N3O5. The zero-order chi connectivity index (χ0) is 25.1. The molecule has 1 saturated heterocycles. The van der Waals surface area contributed by atoms with Crippen molar-refractivity contribution in [2.24, 2.45) is 10.8 Å². The summed E-state index contributed by atoms with van der Waals surface area (Å²) in [4.78, 5) is 25.8. The van der Waals surface area contributed by atoms with Crippen molar-refractivity contribution in [3.05, 3.63) is 46.8 Å². The van der Waals surface area contributed by atoms with E-state index in [2.05, 4.69) is 19.2 Å². The maximum absolute atomic E-state index is 13.1. The number of fused-ring (bicyclic) bond motifs is 1. The summed E-state index contributed by atoms with van der Waals surface area (Å²) in [5, 5.41) is 8.01. The average Bonchev–Trinajstić information content (AvgIpc) is 3.10. The highest BCUT2D eigenvalue weighted by atomic mass is 16.5. The fraction of sp³-hybridized carbons (Fsp3) is 0.593. The molecular weight excluding hydrogens is 446 g/mol. The van der Waals surface area contributed by atoms with Crippen molar-refractivity contribution in [3.8, 4) is 5.75 Å². The molecule has 0 unspecified atom stereocenters. The molecule has 1 spiro atoms. The molecule has 2 aromatic rings. The first-order valence-corrected chi connectivity index (χ1v) is 12.6. The van der Waals surface area contributed by atoms with Gasteiger partial charge in [0.15, 0.2) is 0 Å². The lowest BCUT2D eigenvalue weighted by molar-refractivity contribution is 0.0145. The van der Waals surface area contributed by atoms with Crippen LogP contribution in [-0.2, 0) is 28.9 Å². The van der Waals surface area contributed by atoms with Crippen molar-refractivity contribution in [1.82, 2.24) is 15.1 Å². The van der Waals surface area contributed by atoms with Gasteiger partial charge in [0.1, 0.15) is 5.75 Å². The summed E-state index contributed by atoms with van der Waals surface area (Å²) in [6, 6.07) is 7.03. The predicted octanol–water partition coefficient (Wildman–Crippen LogP) is 3.81. The lowest BCUT2D eigenvalue weighted by Gasteiger charge is -2.36. The highest BCUT2D eigenvalue weighted by Crippen LogP contribution is 2.38. The van der Waals surface area contributed by atoms with Crippen molar-refractivity contribution >= 4 is 11.9 Å². The van der Waals surface area contributed by atoms with E-state index in [1.807, 2.05) is 24.6 Å². The Morgan fingerprint density at radius 2 is 2.03 bits per heavy atom. The number of benzene rings is 1. The molecule has 35 heavy (non-hydrogen) atoms. The van der Waals surface area contributed by atoms with Gasteiger partial charge in [-0.3, -0.25) is 9.48 Å². The van der Waals surface area contributed by atoms with Crippen molar-refractivity contribution < 1.29 is 23.8 Å². The van der Waals surface area contributed by atoms with Gasteiger partial charge in [-0.05, 0) is 56.2 Å². The monoisotopic (exact) mass is 483 g/mol. The van der Waals surface area contributed by atoms with Crippen LogP contribution in [0.4, 0.5) is 0 Å². The first-order valence-electron chi connectivity index (χ1n) is 12.6. The Morgan fingerprint density at radius 3 is 2.74 bits per heavy atom. The number of amides is 1. The van der Waals surface area contributed by atoms with Crippen LogP contribution in [0, 0.1) is 10.8 Å². The predicted molar refractivity (Wildman–Crippen MR) is 132 cm³/mol.